The van der Waals surface area contributed by atoms with E-state index in [1.54, 1.807) is 0 Å². The van der Waals surface area contributed by atoms with Crippen molar-refractivity contribution >= 4 is 21.4 Å². The van der Waals surface area contributed by atoms with E-state index >= 15 is 0 Å². The van der Waals surface area contributed by atoms with Gasteiger partial charge in [0.05, 0.1) is 5.39 Å². The lowest BCUT2D eigenvalue weighted by atomic mass is 10.1. The Morgan fingerprint density at radius 3 is 2.64 bits per heavy atom. The Hall–Kier alpha value is -1.23. The van der Waals surface area contributed by atoms with E-state index in [1.807, 2.05) is 0 Å². The molecule has 0 unspecified atom stereocenters. The molecule has 1 heterocycles. The normalized spacial score (nSPS) is 11.4. The summed E-state index contributed by atoms with van der Waals surface area (Å²) in [5.74, 6) is -1.01. The predicted octanol–water partition coefficient (Wildman–Crippen LogP) is 3.68. The van der Waals surface area contributed by atoms with Crippen molar-refractivity contribution in [2.75, 3.05) is 0 Å². The van der Waals surface area contributed by atoms with Gasteiger partial charge >= 0.3 is 0 Å². The van der Waals surface area contributed by atoms with Crippen LogP contribution in [0.2, 0.25) is 0 Å². The topological polar surface area (TPSA) is 20.2 Å². The second-order valence-electron chi connectivity index (χ2n) is 2.80. The van der Waals surface area contributed by atoms with Crippen LogP contribution in [0.5, 0.6) is 5.75 Å². The van der Waals surface area contributed by atoms with Crippen LogP contribution in [0, 0.1) is 5.82 Å². The van der Waals surface area contributed by atoms with Gasteiger partial charge < -0.3 is 5.11 Å². The SMILES string of the molecule is Oc1csc2cc(C(F)F)cc(F)c12. The molecular weight excluding hydrogens is 213 g/mol. The van der Waals surface area contributed by atoms with Crippen molar-refractivity contribution in [2.24, 2.45) is 0 Å². The van der Waals surface area contributed by atoms with Gasteiger partial charge in [-0.2, -0.15) is 0 Å². The highest BCUT2D eigenvalue weighted by atomic mass is 32.1. The maximum atomic E-state index is 13.2. The lowest BCUT2D eigenvalue weighted by Gasteiger charge is -2.00. The Kier molecular flexibility index (Phi) is 2.11. The minimum atomic E-state index is -2.70. The predicted molar refractivity (Wildman–Crippen MR) is 48.4 cm³/mol. The summed E-state index contributed by atoms with van der Waals surface area (Å²) in [6, 6.07) is 1.94. The van der Waals surface area contributed by atoms with Crippen LogP contribution in [0.3, 0.4) is 0 Å². The van der Waals surface area contributed by atoms with Gasteiger partial charge in [-0.15, -0.1) is 11.3 Å². The molecule has 1 nitrogen and oxygen atoms in total. The van der Waals surface area contributed by atoms with Crippen LogP contribution in [0.4, 0.5) is 13.2 Å². The average Bonchev–Trinajstić information content (AvgIpc) is 2.48. The molecule has 0 atom stereocenters. The lowest BCUT2D eigenvalue weighted by molar-refractivity contribution is 0.151. The molecule has 14 heavy (non-hydrogen) atoms. The van der Waals surface area contributed by atoms with Crippen molar-refractivity contribution in [3.05, 3.63) is 28.9 Å². The number of alkyl halides is 2. The first-order chi connectivity index (χ1) is 6.59. The van der Waals surface area contributed by atoms with Crippen molar-refractivity contribution in [3.8, 4) is 5.75 Å². The number of hydrogen-bond donors (Lipinski definition) is 1. The summed E-state index contributed by atoms with van der Waals surface area (Å²) in [4.78, 5) is 0. The third-order valence-corrected chi connectivity index (χ3v) is 2.80. The number of hydrogen-bond acceptors (Lipinski definition) is 2. The number of rotatable bonds is 1. The van der Waals surface area contributed by atoms with Gasteiger partial charge in [-0.1, -0.05) is 0 Å². The highest BCUT2D eigenvalue weighted by Gasteiger charge is 2.14. The Morgan fingerprint density at radius 1 is 1.29 bits per heavy atom. The molecule has 1 aromatic heterocycles. The highest BCUT2D eigenvalue weighted by molar-refractivity contribution is 7.17. The van der Waals surface area contributed by atoms with Crippen molar-refractivity contribution in [1.82, 2.24) is 0 Å². The molecule has 0 radical (unpaired) electrons. The molecule has 0 aliphatic heterocycles. The molecular formula is C9H5F3OS. The summed E-state index contributed by atoms with van der Waals surface area (Å²) in [5, 5.41) is 10.5. The van der Waals surface area contributed by atoms with Crippen LogP contribution >= 0.6 is 11.3 Å². The first-order valence-corrected chi connectivity index (χ1v) is 4.65. The zero-order chi connectivity index (χ0) is 10.3. The Balaban J connectivity index is 2.74. The van der Waals surface area contributed by atoms with Crippen LogP contribution in [0.25, 0.3) is 10.1 Å². The van der Waals surface area contributed by atoms with Gasteiger partial charge in [0.15, 0.2) is 0 Å². The monoisotopic (exact) mass is 218 g/mol. The fourth-order valence-corrected chi connectivity index (χ4v) is 2.13. The van der Waals surface area contributed by atoms with E-state index < -0.39 is 12.2 Å². The van der Waals surface area contributed by atoms with E-state index in [0.29, 0.717) is 4.70 Å². The zero-order valence-corrected chi connectivity index (χ0v) is 7.62. The molecule has 0 saturated heterocycles. The molecule has 0 aliphatic carbocycles. The van der Waals surface area contributed by atoms with Gasteiger partial charge in [-0.05, 0) is 12.1 Å². The molecule has 0 aliphatic rings. The molecule has 1 aromatic carbocycles. The Morgan fingerprint density at radius 2 is 2.00 bits per heavy atom. The zero-order valence-electron chi connectivity index (χ0n) is 6.80. The maximum absolute atomic E-state index is 13.2. The van der Waals surface area contributed by atoms with E-state index in [4.69, 9.17) is 0 Å². The fourth-order valence-electron chi connectivity index (χ4n) is 1.25. The molecule has 2 aromatic rings. The summed E-state index contributed by atoms with van der Waals surface area (Å²) < 4.78 is 38.1. The molecule has 0 spiro atoms. The van der Waals surface area contributed by atoms with Gasteiger partial charge in [0.2, 0.25) is 0 Å². The molecule has 74 valence electrons. The van der Waals surface area contributed by atoms with Crippen LogP contribution in [-0.2, 0) is 0 Å². The maximum Gasteiger partial charge on any atom is 0.264 e. The third kappa shape index (κ3) is 1.33. The lowest BCUT2D eigenvalue weighted by Crippen LogP contribution is -1.86. The van der Waals surface area contributed by atoms with Crippen LogP contribution in [0.15, 0.2) is 17.5 Å². The molecule has 0 fully saturated rings. The van der Waals surface area contributed by atoms with Gasteiger partial charge in [0.1, 0.15) is 11.6 Å². The molecule has 0 saturated carbocycles. The smallest absolute Gasteiger partial charge is 0.264 e. The summed E-state index contributed by atoms with van der Waals surface area (Å²) in [6.45, 7) is 0. The van der Waals surface area contributed by atoms with Crippen molar-refractivity contribution in [2.45, 2.75) is 6.43 Å². The number of aromatic hydroxyl groups is 1. The first kappa shape index (κ1) is 9.33. The minimum Gasteiger partial charge on any atom is -0.506 e. The van der Waals surface area contributed by atoms with Gasteiger partial charge in [-0.25, -0.2) is 13.2 Å². The van der Waals surface area contributed by atoms with E-state index in [0.717, 1.165) is 17.4 Å². The standard InChI is InChI=1S/C9H5F3OS/c10-5-1-4(9(11)12)2-7-8(5)6(13)3-14-7/h1-3,9,13H. The Bertz CT molecular complexity index is 478. The molecule has 0 bridgehead atoms. The number of halogens is 3. The second kappa shape index (κ2) is 3.16. The highest BCUT2D eigenvalue weighted by Crippen LogP contribution is 2.35. The number of thiophene rings is 1. The molecule has 1 N–H and O–H groups in total. The van der Waals surface area contributed by atoms with E-state index in [9.17, 15) is 18.3 Å². The fraction of sp³-hybridized carbons (Fsp3) is 0.111. The summed E-state index contributed by atoms with van der Waals surface area (Å²) in [6.07, 6.45) is -2.70. The average molecular weight is 218 g/mol. The van der Waals surface area contributed by atoms with E-state index in [2.05, 4.69) is 0 Å². The van der Waals surface area contributed by atoms with Crippen LogP contribution < -0.4 is 0 Å². The number of benzene rings is 1. The van der Waals surface area contributed by atoms with Crippen molar-refractivity contribution < 1.29 is 18.3 Å². The van der Waals surface area contributed by atoms with E-state index in [-0.39, 0.29) is 16.7 Å². The van der Waals surface area contributed by atoms with Crippen LogP contribution in [0.1, 0.15) is 12.0 Å². The summed E-state index contributed by atoms with van der Waals surface area (Å²) in [7, 11) is 0. The van der Waals surface area contributed by atoms with Crippen LogP contribution in [-0.4, -0.2) is 5.11 Å². The molecule has 2 rings (SSSR count). The Labute approximate surface area is 81.4 Å². The van der Waals surface area contributed by atoms with Gasteiger partial charge in [0, 0.05) is 15.6 Å². The first-order valence-electron chi connectivity index (χ1n) is 3.77. The quantitative estimate of drug-likeness (QED) is 0.774. The second-order valence-corrected chi connectivity index (χ2v) is 3.71. The summed E-state index contributed by atoms with van der Waals surface area (Å²) in [5.41, 5.74) is -0.364. The van der Waals surface area contributed by atoms with Crippen molar-refractivity contribution in [1.29, 1.82) is 0 Å². The number of fused-ring (bicyclic) bond motifs is 1. The van der Waals surface area contributed by atoms with Crippen molar-refractivity contribution in [3.63, 3.8) is 0 Å². The summed E-state index contributed by atoms with van der Waals surface area (Å²) >= 11 is 1.04. The van der Waals surface area contributed by atoms with Gasteiger partial charge in [0.25, 0.3) is 6.43 Å². The largest absolute Gasteiger partial charge is 0.506 e. The van der Waals surface area contributed by atoms with Gasteiger partial charge in [-0.3, -0.25) is 0 Å². The molecule has 0 amide bonds. The third-order valence-electron chi connectivity index (χ3n) is 1.88. The van der Waals surface area contributed by atoms with E-state index in [1.165, 1.54) is 11.4 Å². The molecule has 5 heteroatoms. The minimum absolute atomic E-state index is 0.0133.